The average molecular weight is 401 g/mol. The number of nitrogens with zero attached hydrogens (tertiary/aromatic N) is 2. The zero-order chi connectivity index (χ0) is 19.0. The molecule has 27 heavy (non-hydrogen) atoms. The van der Waals surface area contributed by atoms with Crippen molar-refractivity contribution in [2.45, 2.75) is 12.0 Å². The summed E-state index contributed by atoms with van der Waals surface area (Å²) in [5.74, 6) is -0.327. The van der Waals surface area contributed by atoms with Crippen LogP contribution in [0.1, 0.15) is 28.0 Å². The number of benzene rings is 1. The van der Waals surface area contributed by atoms with E-state index in [9.17, 15) is 9.50 Å². The van der Waals surface area contributed by atoms with Crippen molar-refractivity contribution >= 4 is 28.6 Å². The fourth-order valence-electron chi connectivity index (χ4n) is 3.67. The van der Waals surface area contributed by atoms with E-state index in [4.69, 9.17) is 11.6 Å². The molecule has 1 aromatic carbocycles. The van der Waals surface area contributed by atoms with Gasteiger partial charge in [-0.1, -0.05) is 29.8 Å². The predicted octanol–water partition coefficient (Wildman–Crippen LogP) is 5.11. The molecular weight excluding hydrogens is 383 g/mol. The lowest BCUT2D eigenvalue weighted by molar-refractivity contribution is 0.210. The topological polar surface area (TPSA) is 36.4 Å². The molecule has 2 unspecified atom stereocenters. The van der Waals surface area contributed by atoms with Gasteiger partial charge in [0.2, 0.25) is 0 Å². The standard InChI is InChI=1S/C21H18ClFN2OS/c1-25-12-16(17-7-8-18(22)27-17)19(21(26)14-5-3-9-24-11-14)20(25)13-4-2-6-15(23)10-13/h2-11,16,21,26H,12H2,1H3. The molecule has 0 aliphatic carbocycles. The van der Waals surface area contributed by atoms with Crippen molar-refractivity contribution in [1.29, 1.82) is 0 Å². The largest absolute Gasteiger partial charge is 0.384 e. The highest BCUT2D eigenvalue weighted by atomic mass is 35.5. The lowest BCUT2D eigenvalue weighted by atomic mass is 9.89. The lowest BCUT2D eigenvalue weighted by Crippen LogP contribution is -2.15. The van der Waals surface area contributed by atoms with E-state index in [2.05, 4.69) is 9.88 Å². The second-order valence-corrected chi connectivity index (χ2v) is 8.32. The van der Waals surface area contributed by atoms with Gasteiger partial charge < -0.3 is 10.0 Å². The van der Waals surface area contributed by atoms with Gasteiger partial charge in [-0.05, 0) is 35.9 Å². The molecule has 3 heterocycles. The normalized spacial score (nSPS) is 18.2. The van der Waals surface area contributed by atoms with Gasteiger partial charge in [0.05, 0.1) is 4.34 Å². The van der Waals surface area contributed by atoms with Crippen LogP contribution < -0.4 is 0 Å². The minimum atomic E-state index is -0.840. The summed E-state index contributed by atoms with van der Waals surface area (Å²) in [6, 6.07) is 14.0. The molecule has 1 aliphatic heterocycles. The predicted molar refractivity (Wildman–Crippen MR) is 107 cm³/mol. The second kappa shape index (κ2) is 7.43. The number of rotatable bonds is 4. The Morgan fingerprint density at radius 2 is 2.11 bits per heavy atom. The minimum absolute atomic E-state index is 0.0269. The fourth-order valence-corrected chi connectivity index (χ4v) is 4.84. The van der Waals surface area contributed by atoms with Crippen LogP contribution in [0, 0.1) is 5.82 Å². The molecule has 0 spiro atoms. The summed E-state index contributed by atoms with van der Waals surface area (Å²) in [5.41, 5.74) is 3.15. The number of hydrogen-bond acceptors (Lipinski definition) is 4. The van der Waals surface area contributed by atoms with Crippen molar-refractivity contribution in [3.63, 3.8) is 0 Å². The maximum absolute atomic E-state index is 13.9. The summed E-state index contributed by atoms with van der Waals surface area (Å²) in [5, 5.41) is 11.2. The molecule has 0 radical (unpaired) electrons. The second-order valence-electron chi connectivity index (χ2n) is 6.58. The van der Waals surface area contributed by atoms with E-state index in [1.807, 2.05) is 31.3 Å². The van der Waals surface area contributed by atoms with Crippen LogP contribution in [0.15, 0.2) is 66.5 Å². The maximum atomic E-state index is 13.9. The SMILES string of the molecule is CN1CC(c2ccc(Cl)s2)C(C(O)c2cccnc2)=C1c1cccc(F)c1. The first kappa shape index (κ1) is 18.2. The monoisotopic (exact) mass is 400 g/mol. The molecule has 0 amide bonds. The van der Waals surface area contributed by atoms with E-state index in [-0.39, 0.29) is 11.7 Å². The van der Waals surface area contributed by atoms with Gasteiger partial charge in [-0.3, -0.25) is 4.98 Å². The van der Waals surface area contributed by atoms with E-state index in [1.165, 1.54) is 23.5 Å². The van der Waals surface area contributed by atoms with Crippen LogP contribution in [-0.4, -0.2) is 28.6 Å². The zero-order valence-corrected chi connectivity index (χ0v) is 16.2. The highest BCUT2D eigenvalue weighted by Gasteiger charge is 2.36. The van der Waals surface area contributed by atoms with Crippen molar-refractivity contribution in [2.24, 2.45) is 0 Å². The molecule has 0 fully saturated rings. The summed E-state index contributed by atoms with van der Waals surface area (Å²) < 4.78 is 14.6. The van der Waals surface area contributed by atoms with Crippen LogP contribution in [0.4, 0.5) is 4.39 Å². The first-order chi connectivity index (χ1) is 13.0. The summed E-state index contributed by atoms with van der Waals surface area (Å²) >= 11 is 7.67. The Balaban J connectivity index is 1.89. The van der Waals surface area contributed by atoms with Crippen molar-refractivity contribution in [2.75, 3.05) is 13.6 Å². The highest BCUT2D eigenvalue weighted by Crippen LogP contribution is 2.47. The Labute approximate surface area is 166 Å². The molecule has 2 aromatic heterocycles. The van der Waals surface area contributed by atoms with E-state index < -0.39 is 6.10 Å². The molecule has 1 N–H and O–H groups in total. The average Bonchev–Trinajstić information content (AvgIpc) is 3.25. The van der Waals surface area contributed by atoms with Crippen LogP contribution in [0.3, 0.4) is 0 Å². The minimum Gasteiger partial charge on any atom is -0.384 e. The summed E-state index contributed by atoms with van der Waals surface area (Å²) in [6.45, 7) is 0.690. The third kappa shape index (κ3) is 3.50. The van der Waals surface area contributed by atoms with E-state index in [0.717, 1.165) is 21.7 Å². The van der Waals surface area contributed by atoms with Crippen molar-refractivity contribution < 1.29 is 9.50 Å². The zero-order valence-electron chi connectivity index (χ0n) is 14.6. The lowest BCUT2D eigenvalue weighted by Gasteiger charge is -2.20. The van der Waals surface area contributed by atoms with Crippen LogP contribution in [-0.2, 0) is 0 Å². The van der Waals surface area contributed by atoms with Gasteiger partial charge in [0.25, 0.3) is 0 Å². The third-order valence-corrected chi connectivity index (χ3v) is 6.16. The Bertz CT molecular complexity index is 989. The van der Waals surface area contributed by atoms with Crippen LogP contribution in [0.25, 0.3) is 5.70 Å². The molecule has 1 aliphatic rings. The third-order valence-electron chi connectivity index (χ3n) is 4.82. The van der Waals surface area contributed by atoms with E-state index in [1.54, 1.807) is 24.5 Å². The summed E-state index contributed by atoms with van der Waals surface area (Å²) in [6.07, 6.45) is 2.50. The number of hydrogen-bond donors (Lipinski definition) is 1. The Morgan fingerprint density at radius 1 is 1.26 bits per heavy atom. The molecule has 0 saturated carbocycles. The number of aliphatic hydroxyl groups is 1. The van der Waals surface area contributed by atoms with Crippen molar-refractivity contribution in [1.82, 2.24) is 9.88 Å². The first-order valence-electron chi connectivity index (χ1n) is 8.59. The van der Waals surface area contributed by atoms with Gasteiger partial charge in [0.1, 0.15) is 11.9 Å². The Kier molecular flexibility index (Phi) is 5.00. The number of aliphatic hydroxyl groups excluding tert-OH is 1. The molecular formula is C21H18ClFN2OS. The smallest absolute Gasteiger partial charge is 0.123 e. The summed E-state index contributed by atoms with van der Waals surface area (Å²) in [7, 11) is 1.96. The first-order valence-corrected chi connectivity index (χ1v) is 9.78. The molecule has 6 heteroatoms. The Hall–Kier alpha value is -2.21. The molecule has 4 rings (SSSR count). The van der Waals surface area contributed by atoms with Gasteiger partial charge in [-0.15, -0.1) is 11.3 Å². The van der Waals surface area contributed by atoms with Crippen molar-refractivity contribution in [3.8, 4) is 0 Å². The number of pyridine rings is 1. The van der Waals surface area contributed by atoms with E-state index >= 15 is 0 Å². The highest BCUT2D eigenvalue weighted by molar-refractivity contribution is 7.16. The van der Waals surface area contributed by atoms with Gasteiger partial charge in [-0.2, -0.15) is 0 Å². The number of halogens is 2. The molecule has 2 atom stereocenters. The molecule has 0 saturated heterocycles. The number of aromatic nitrogens is 1. The fraction of sp³-hybridized carbons (Fsp3) is 0.190. The van der Waals surface area contributed by atoms with Gasteiger partial charge in [0.15, 0.2) is 0 Å². The summed E-state index contributed by atoms with van der Waals surface area (Å²) in [4.78, 5) is 7.29. The van der Waals surface area contributed by atoms with Gasteiger partial charge in [0, 0.05) is 53.6 Å². The Morgan fingerprint density at radius 3 is 2.78 bits per heavy atom. The molecule has 138 valence electrons. The van der Waals surface area contributed by atoms with Crippen LogP contribution in [0.2, 0.25) is 4.34 Å². The van der Waals surface area contributed by atoms with E-state index in [0.29, 0.717) is 16.4 Å². The quantitative estimate of drug-likeness (QED) is 0.661. The molecule has 3 aromatic rings. The number of likely N-dealkylation sites (N-methyl/N-ethyl adjacent to an activating group) is 1. The molecule has 3 nitrogen and oxygen atoms in total. The number of thiophene rings is 1. The van der Waals surface area contributed by atoms with Crippen molar-refractivity contribution in [3.05, 3.63) is 92.7 Å². The van der Waals surface area contributed by atoms with Gasteiger partial charge in [-0.25, -0.2) is 4.39 Å². The molecule has 0 bridgehead atoms. The maximum Gasteiger partial charge on any atom is 0.123 e. The van der Waals surface area contributed by atoms with Crippen LogP contribution in [0.5, 0.6) is 0 Å². The van der Waals surface area contributed by atoms with Crippen LogP contribution >= 0.6 is 22.9 Å². The van der Waals surface area contributed by atoms with Gasteiger partial charge >= 0.3 is 0 Å².